The Bertz CT molecular complexity index is 710. The zero-order chi connectivity index (χ0) is 23.2. The summed E-state index contributed by atoms with van der Waals surface area (Å²) < 4.78 is 0. The number of Topliss-reactive ketones (excluding diaryl/α,β-unsaturated/α-hetero) is 1. The molecule has 2 aliphatic rings. The van der Waals surface area contributed by atoms with E-state index in [1.165, 1.54) is 4.90 Å². The highest BCUT2D eigenvalue weighted by Gasteiger charge is 2.54. The molecule has 2 aliphatic heterocycles. The molecule has 4 N–H and O–H groups in total. The summed E-state index contributed by atoms with van der Waals surface area (Å²) in [5.41, 5.74) is 9.72. The van der Waals surface area contributed by atoms with E-state index in [9.17, 15) is 24.0 Å². The van der Waals surface area contributed by atoms with Crippen molar-refractivity contribution in [2.75, 3.05) is 13.1 Å². The summed E-state index contributed by atoms with van der Waals surface area (Å²) in [5, 5.41) is 0. The maximum atomic E-state index is 13.6. The molecule has 0 aromatic carbocycles. The summed E-state index contributed by atoms with van der Waals surface area (Å²) in [6.45, 7) is 4.18. The van der Waals surface area contributed by atoms with Crippen LogP contribution in [0.25, 0.3) is 0 Å². The van der Waals surface area contributed by atoms with Crippen LogP contribution < -0.4 is 11.5 Å². The lowest BCUT2D eigenvalue weighted by atomic mass is 9.78. The van der Waals surface area contributed by atoms with E-state index in [1.807, 2.05) is 0 Å². The topological polar surface area (TPSA) is 144 Å². The summed E-state index contributed by atoms with van der Waals surface area (Å²) in [5.74, 6) is -2.53. The number of carbonyl (C=O) groups excluding carboxylic acids is 5. The van der Waals surface area contributed by atoms with Crippen molar-refractivity contribution in [2.45, 2.75) is 89.3 Å². The number of likely N-dealkylation sites (tertiary alicyclic amines) is 2. The van der Waals surface area contributed by atoms with Crippen molar-refractivity contribution >= 4 is 29.8 Å². The lowest BCUT2D eigenvalue weighted by Crippen LogP contribution is -2.67. The minimum atomic E-state index is -1.84. The zero-order valence-electron chi connectivity index (χ0n) is 18.7. The number of ketones is 1. The van der Waals surface area contributed by atoms with Gasteiger partial charge in [-0.15, -0.1) is 0 Å². The Balaban J connectivity index is 2.35. The second-order valence-corrected chi connectivity index (χ2v) is 8.88. The summed E-state index contributed by atoms with van der Waals surface area (Å²) in [6.07, 6.45) is 4.50. The van der Waals surface area contributed by atoms with E-state index in [1.54, 1.807) is 13.8 Å². The standard InChI is InChI=1S/C22H36N4O5/c1-15(2)22(14-27)18(28)10-3-4-11-19(29)26(22)21(31)17-9-7-13-25(17)20(30)16(24)8-5-6-12-23/h14-17H,3-13,23-24H2,1-2H3/t16-,17-,22+/m0/s1. The number of rotatable bonds is 8. The van der Waals surface area contributed by atoms with Crippen LogP contribution in [0.3, 0.4) is 0 Å². The number of nitrogens with two attached hydrogens (primary N) is 2. The molecule has 2 heterocycles. The predicted octanol–water partition coefficient (Wildman–Crippen LogP) is 0.526. The average molecular weight is 437 g/mol. The molecule has 9 nitrogen and oxygen atoms in total. The fourth-order valence-corrected chi connectivity index (χ4v) is 4.63. The van der Waals surface area contributed by atoms with Gasteiger partial charge >= 0.3 is 0 Å². The monoisotopic (exact) mass is 436 g/mol. The van der Waals surface area contributed by atoms with Gasteiger partial charge in [0.25, 0.3) is 5.91 Å². The van der Waals surface area contributed by atoms with Crippen LogP contribution in [0.15, 0.2) is 0 Å². The summed E-state index contributed by atoms with van der Waals surface area (Å²) >= 11 is 0. The first-order valence-electron chi connectivity index (χ1n) is 11.3. The van der Waals surface area contributed by atoms with Crippen molar-refractivity contribution < 1.29 is 24.0 Å². The molecule has 9 heteroatoms. The van der Waals surface area contributed by atoms with Gasteiger partial charge in [-0.1, -0.05) is 20.3 Å². The van der Waals surface area contributed by atoms with E-state index in [-0.39, 0.29) is 18.7 Å². The Hall–Kier alpha value is -2.13. The van der Waals surface area contributed by atoms with E-state index < -0.39 is 41.1 Å². The first kappa shape index (κ1) is 25.1. The lowest BCUT2D eigenvalue weighted by molar-refractivity contribution is -0.167. The van der Waals surface area contributed by atoms with E-state index >= 15 is 0 Å². The second kappa shape index (κ2) is 10.9. The van der Waals surface area contributed by atoms with Crippen molar-refractivity contribution in [3.05, 3.63) is 0 Å². The van der Waals surface area contributed by atoms with Crippen molar-refractivity contribution in [3.8, 4) is 0 Å². The van der Waals surface area contributed by atoms with E-state index in [0.29, 0.717) is 57.9 Å². The largest absolute Gasteiger partial charge is 0.330 e. The molecule has 0 radical (unpaired) electrons. The maximum Gasteiger partial charge on any atom is 0.253 e. The Morgan fingerprint density at radius 1 is 1.16 bits per heavy atom. The third kappa shape index (κ3) is 5.03. The van der Waals surface area contributed by atoms with Crippen LogP contribution in [0, 0.1) is 5.92 Å². The van der Waals surface area contributed by atoms with Gasteiger partial charge in [0.15, 0.2) is 17.6 Å². The first-order valence-corrected chi connectivity index (χ1v) is 11.3. The number of amides is 3. The lowest BCUT2D eigenvalue weighted by Gasteiger charge is -2.43. The minimum Gasteiger partial charge on any atom is -0.330 e. The number of nitrogens with zero attached hydrogens (tertiary/aromatic N) is 2. The molecule has 31 heavy (non-hydrogen) atoms. The Morgan fingerprint density at radius 3 is 2.45 bits per heavy atom. The van der Waals surface area contributed by atoms with Crippen molar-refractivity contribution in [3.63, 3.8) is 0 Å². The minimum absolute atomic E-state index is 0.0839. The van der Waals surface area contributed by atoms with Gasteiger partial charge in [0.05, 0.1) is 6.04 Å². The normalized spacial score (nSPS) is 26.0. The molecule has 0 bridgehead atoms. The van der Waals surface area contributed by atoms with Gasteiger partial charge in [0, 0.05) is 19.4 Å². The zero-order valence-corrected chi connectivity index (χ0v) is 18.7. The van der Waals surface area contributed by atoms with Crippen LogP contribution >= 0.6 is 0 Å². The molecule has 3 atom stereocenters. The number of carbonyl (C=O) groups is 5. The molecule has 2 fully saturated rings. The molecule has 0 aliphatic carbocycles. The van der Waals surface area contributed by atoms with Gasteiger partial charge in [-0.25, -0.2) is 0 Å². The number of hydrogen-bond acceptors (Lipinski definition) is 7. The second-order valence-electron chi connectivity index (χ2n) is 8.88. The van der Waals surface area contributed by atoms with Gasteiger partial charge in [-0.2, -0.15) is 0 Å². The highest BCUT2D eigenvalue weighted by molar-refractivity contribution is 6.13. The van der Waals surface area contributed by atoms with Crippen molar-refractivity contribution in [2.24, 2.45) is 17.4 Å². The van der Waals surface area contributed by atoms with Gasteiger partial charge < -0.3 is 21.2 Å². The molecule has 0 aromatic rings. The molecule has 2 rings (SSSR count). The van der Waals surface area contributed by atoms with Crippen molar-refractivity contribution in [1.29, 1.82) is 0 Å². The maximum absolute atomic E-state index is 13.6. The van der Waals surface area contributed by atoms with Gasteiger partial charge in [-0.3, -0.25) is 24.1 Å². The molecule has 0 spiro atoms. The van der Waals surface area contributed by atoms with Gasteiger partial charge in [-0.05, 0) is 51.0 Å². The van der Waals surface area contributed by atoms with Gasteiger partial charge in [0.2, 0.25) is 11.8 Å². The summed E-state index contributed by atoms with van der Waals surface area (Å²) in [6, 6.07) is -1.66. The van der Waals surface area contributed by atoms with E-state index in [0.717, 1.165) is 11.3 Å². The highest BCUT2D eigenvalue weighted by Crippen LogP contribution is 2.33. The van der Waals surface area contributed by atoms with Crippen LogP contribution in [0.5, 0.6) is 0 Å². The molecule has 2 saturated heterocycles. The van der Waals surface area contributed by atoms with Crippen LogP contribution in [0.1, 0.15) is 71.6 Å². The smallest absolute Gasteiger partial charge is 0.253 e. The third-order valence-corrected chi connectivity index (χ3v) is 6.50. The molecule has 0 saturated carbocycles. The molecular weight excluding hydrogens is 400 g/mol. The number of unbranched alkanes of at least 4 members (excludes halogenated alkanes) is 1. The SMILES string of the molecule is CC(C)[C@]1(C=O)C(=O)CCCCC(=O)N1C(=O)[C@@H]1CCCN1C(=O)[C@@H](N)CCCCN. The quantitative estimate of drug-likeness (QED) is 0.244. The summed E-state index contributed by atoms with van der Waals surface area (Å²) in [4.78, 5) is 67.2. The van der Waals surface area contributed by atoms with Crippen molar-refractivity contribution in [1.82, 2.24) is 9.80 Å². The molecular formula is C22H36N4O5. The predicted molar refractivity (Wildman–Crippen MR) is 115 cm³/mol. The first-order chi connectivity index (χ1) is 14.7. The van der Waals surface area contributed by atoms with Crippen LogP contribution in [0.2, 0.25) is 0 Å². The van der Waals surface area contributed by atoms with Crippen LogP contribution in [0.4, 0.5) is 0 Å². The fraction of sp³-hybridized carbons (Fsp3) is 0.773. The highest BCUT2D eigenvalue weighted by atomic mass is 16.2. The number of imide groups is 1. The van der Waals surface area contributed by atoms with Crippen LogP contribution in [-0.2, 0) is 24.0 Å². The molecule has 174 valence electrons. The Morgan fingerprint density at radius 2 is 1.84 bits per heavy atom. The van der Waals surface area contributed by atoms with E-state index in [2.05, 4.69) is 0 Å². The molecule has 0 aromatic heterocycles. The molecule has 3 amide bonds. The van der Waals surface area contributed by atoms with Gasteiger partial charge in [0.1, 0.15) is 6.04 Å². The average Bonchev–Trinajstić information content (AvgIpc) is 3.22. The van der Waals surface area contributed by atoms with Crippen LogP contribution in [-0.4, -0.2) is 70.3 Å². The fourth-order valence-electron chi connectivity index (χ4n) is 4.63. The van der Waals surface area contributed by atoms with E-state index in [4.69, 9.17) is 11.5 Å². The number of aldehydes is 1. The molecule has 0 unspecified atom stereocenters. The Labute approximate surface area is 183 Å². The summed E-state index contributed by atoms with van der Waals surface area (Å²) in [7, 11) is 0. The number of hydrogen-bond donors (Lipinski definition) is 2. The Kier molecular flexibility index (Phi) is 8.88. The third-order valence-electron chi connectivity index (χ3n) is 6.50.